The van der Waals surface area contributed by atoms with E-state index < -0.39 is 36.1 Å². The van der Waals surface area contributed by atoms with Gasteiger partial charge >= 0.3 is 12.3 Å². The maximum Gasteiger partial charge on any atom is 0.414 e. The molecule has 2 aromatic carbocycles. The highest BCUT2D eigenvalue weighted by atomic mass is 19.4. The van der Waals surface area contributed by atoms with E-state index in [1.807, 2.05) is 0 Å². The Kier molecular flexibility index (Phi) is 4.41. The number of rotatable bonds is 3. The number of hydrogen-bond donors (Lipinski definition) is 3. The van der Waals surface area contributed by atoms with Crippen molar-refractivity contribution in [1.82, 2.24) is 20.2 Å². The lowest BCUT2D eigenvalue weighted by molar-refractivity contribution is -0.119. The molecular weight excluding hydrogens is 410 g/mol. The standard InChI is InChI=1S/C18H11F4N5O3/c19-9-2-3-10-11(6-9)14(25-26-15(10)28)8-1-4-12-13(5-8)24-16(23-12)27(17(29)30)7-18(20,21)22/h1-6H,7H2,(H,23,24)(H,26,28)(H,29,30). The first-order valence-electron chi connectivity index (χ1n) is 8.38. The zero-order valence-electron chi connectivity index (χ0n) is 14.8. The Labute approximate surface area is 163 Å². The average Bonchev–Trinajstić information content (AvgIpc) is 3.08. The minimum Gasteiger partial charge on any atom is -0.465 e. The van der Waals surface area contributed by atoms with Gasteiger partial charge in [0.15, 0.2) is 0 Å². The number of H-pyrrole nitrogens is 2. The van der Waals surface area contributed by atoms with Crippen LogP contribution in [0.4, 0.5) is 28.3 Å². The van der Waals surface area contributed by atoms with E-state index in [1.54, 1.807) is 0 Å². The Bertz CT molecular complexity index is 1350. The van der Waals surface area contributed by atoms with Crippen molar-refractivity contribution in [2.75, 3.05) is 11.4 Å². The largest absolute Gasteiger partial charge is 0.465 e. The second-order valence-corrected chi connectivity index (χ2v) is 6.37. The van der Waals surface area contributed by atoms with E-state index in [9.17, 15) is 27.2 Å². The summed E-state index contributed by atoms with van der Waals surface area (Å²) in [5.41, 5.74) is 0.563. The zero-order valence-corrected chi connectivity index (χ0v) is 14.8. The molecule has 3 N–H and O–H groups in total. The Morgan fingerprint density at radius 1 is 1.13 bits per heavy atom. The molecule has 4 aromatic rings. The van der Waals surface area contributed by atoms with Crippen LogP contribution < -0.4 is 10.5 Å². The number of benzene rings is 2. The molecule has 0 aliphatic heterocycles. The Hall–Kier alpha value is -3.96. The number of fused-ring (bicyclic) bond motifs is 2. The molecule has 0 atom stereocenters. The molecule has 0 bridgehead atoms. The van der Waals surface area contributed by atoms with Gasteiger partial charge in [-0.05, 0) is 30.3 Å². The number of carboxylic acid groups (broad SMARTS) is 1. The topological polar surface area (TPSA) is 115 Å². The number of carbonyl (C=O) groups is 1. The summed E-state index contributed by atoms with van der Waals surface area (Å²) < 4.78 is 51.8. The third-order valence-electron chi connectivity index (χ3n) is 4.32. The van der Waals surface area contributed by atoms with Gasteiger partial charge in [-0.1, -0.05) is 6.07 Å². The summed E-state index contributed by atoms with van der Waals surface area (Å²) in [7, 11) is 0. The smallest absolute Gasteiger partial charge is 0.414 e. The number of nitrogens with zero attached hydrogens (tertiary/aromatic N) is 3. The second-order valence-electron chi connectivity index (χ2n) is 6.37. The van der Waals surface area contributed by atoms with Crippen molar-refractivity contribution in [2.24, 2.45) is 0 Å². The molecular formula is C18H11F4N5O3. The summed E-state index contributed by atoms with van der Waals surface area (Å²) in [5.74, 6) is -1.08. The van der Waals surface area contributed by atoms with E-state index in [-0.39, 0.29) is 32.4 Å². The molecule has 0 spiro atoms. The maximum atomic E-state index is 13.7. The molecule has 12 heteroatoms. The van der Waals surface area contributed by atoms with E-state index in [4.69, 9.17) is 5.11 Å². The molecule has 0 aliphatic rings. The van der Waals surface area contributed by atoms with Crippen molar-refractivity contribution >= 4 is 33.8 Å². The molecule has 0 saturated heterocycles. The summed E-state index contributed by atoms with van der Waals surface area (Å²) in [5, 5.41) is 15.8. The summed E-state index contributed by atoms with van der Waals surface area (Å²) in [6.45, 7) is -1.74. The number of hydrogen-bond acceptors (Lipinski definition) is 4. The van der Waals surface area contributed by atoms with Crippen LogP contribution in [-0.4, -0.2) is 44.1 Å². The highest BCUT2D eigenvalue weighted by Gasteiger charge is 2.35. The number of anilines is 1. The van der Waals surface area contributed by atoms with Gasteiger partial charge in [-0.15, -0.1) is 0 Å². The molecule has 1 amide bonds. The van der Waals surface area contributed by atoms with E-state index >= 15 is 0 Å². The van der Waals surface area contributed by atoms with Crippen LogP contribution in [0.1, 0.15) is 0 Å². The molecule has 0 radical (unpaired) electrons. The van der Waals surface area contributed by atoms with Crippen LogP contribution in [0.3, 0.4) is 0 Å². The Balaban J connectivity index is 1.83. The van der Waals surface area contributed by atoms with Gasteiger partial charge in [-0.25, -0.2) is 24.2 Å². The third-order valence-corrected chi connectivity index (χ3v) is 4.32. The minimum absolute atomic E-state index is 0.0443. The molecule has 30 heavy (non-hydrogen) atoms. The van der Waals surface area contributed by atoms with E-state index in [0.29, 0.717) is 5.56 Å². The summed E-state index contributed by atoms with van der Waals surface area (Å²) in [6.07, 6.45) is -6.58. The summed E-state index contributed by atoms with van der Waals surface area (Å²) in [4.78, 5) is 29.7. The quantitative estimate of drug-likeness (QED) is 0.437. The molecule has 0 saturated carbocycles. The molecule has 154 valence electrons. The lowest BCUT2D eigenvalue weighted by atomic mass is 10.0. The lowest BCUT2D eigenvalue weighted by Crippen LogP contribution is -2.38. The van der Waals surface area contributed by atoms with Crippen LogP contribution in [0.25, 0.3) is 33.1 Å². The maximum absolute atomic E-state index is 13.7. The molecule has 0 aliphatic carbocycles. The van der Waals surface area contributed by atoms with Crippen molar-refractivity contribution in [1.29, 1.82) is 0 Å². The molecule has 0 fully saturated rings. The van der Waals surface area contributed by atoms with Crippen molar-refractivity contribution in [3.63, 3.8) is 0 Å². The first-order chi connectivity index (χ1) is 14.1. The van der Waals surface area contributed by atoms with Crippen molar-refractivity contribution in [3.05, 3.63) is 52.6 Å². The van der Waals surface area contributed by atoms with Crippen molar-refractivity contribution in [3.8, 4) is 11.3 Å². The van der Waals surface area contributed by atoms with Crippen LogP contribution in [0, 0.1) is 5.82 Å². The van der Waals surface area contributed by atoms with Crippen LogP contribution in [0.2, 0.25) is 0 Å². The van der Waals surface area contributed by atoms with E-state index in [2.05, 4.69) is 20.2 Å². The monoisotopic (exact) mass is 421 g/mol. The highest BCUT2D eigenvalue weighted by molar-refractivity contribution is 5.96. The first kappa shape index (κ1) is 19.4. The zero-order chi connectivity index (χ0) is 21.6. The Morgan fingerprint density at radius 2 is 1.90 bits per heavy atom. The number of alkyl halides is 3. The van der Waals surface area contributed by atoms with Gasteiger partial charge in [0.1, 0.15) is 12.4 Å². The van der Waals surface area contributed by atoms with Crippen LogP contribution >= 0.6 is 0 Å². The van der Waals surface area contributed by atoms with Gasteiger partial charge < -0.3 is 10.1 Å². The molecule has 0 unspecified atom stereocenters. The molecule has 8 nitrogen and oxygen atoms in total. The van der Waals surface area contributed by atoms with Crippen molar-refractivity contribution in [2.45, 2.75) is 6.18 Å². The summed E-state index contributed by atoms with van der Waals surface area (Å²) in [6, 6.07) is 8.01. The first-order valence-corrected chi connectivity index (χ1v) is 8.38. The number of amides is 1. The van der Waals surface area contributed by atoms with Gasteiger partial charge in [0, 0.05) is 10.9 Å². The average molecular weight is 421 g/mol. The third kappa shape index (κ3) is 3.54. The van der Waals surface area contributed by atoms with E-state index in [1.165, 1.54) is 24.3 Å². The Morgan fingerprint density at radius 3 is 2.60 bits per heavy atom. The summed E-state index contributed by atoms with van der Waals surface area (Å²) >= 11 is 0. The van der Waals surface area contributed by atoms with Gasteiger partial charge in [-0.3, -0.25) is 4.79 Å². The fourth-order valence-corrected chi connectivity index (χ4v) is 3.04. The number of halogens is 4. The predicted octanol–water partition coefficient (Wildman–Crippen LogP) is 3.65. The van der Waals surface area contributed by atoms with Gasteiger partial charge in [0.05, 0.1) is 22.1 Å². The minimum atomic E-state index is -4.76. The normalized spacial score (nSPS) is 11.9. The van der Waals surface area contributed by atoms with Crippen LogP contribution in [0.5, 0.6) is 0 Å². The molecule has 4 rings (SSSR count). The number of aromatic amines is 2. The van der Waals surface area contributed by atoms with E-state index in [0.717, 1.165) is 12.1 Å². The lowest BCUT2D eigenvalue weighted by Gasteiger charge is -2.17. The predicted molar refractivity (Wildman–Crippen MR) is 98.8 cm³/mol. The highest BCUT2D eigenvalue weighted by Crippen LogP contribution is 2.29. The fraction of sp³-hybridized carbons (Fsp3) is 0.111. The van der Waals surface area contributed by atoms with Gasteiger partial charge in [0.2, 0.25) is 5.95 Å². The number of imidazole rings is 1. The fourth-order valence-electron chi connectivity index (χ4n) is 3.04. The second kappa shape index (κ2) is 6.83. The molecule has 2 aromatic heterocycles. The number of nitrogens with one attached hydrogen (secondary N) is 2. The van der Waals surface area contributed by atoms with Crippen LogP contribution in [0.15, 0.2) is 41.2 Å². The number of aromatic nitrogens is 4. The van der Waals surface area contributed by atoms with Crippen LogP contribution in [-0.2, 0) is 0 Å². The molecule has 2 heterocycles. The SMILES string of the molecule is O=C(O)N(CC(F)(F)F)c1nc2ccc(-c3n[nH]c(=O)c4ccc(F)cc34)cc2[nH]1. The van der Waals surface area contributed by atoms with Gasteiger partial charge in [0.25, 0.3) is 5.56 Å². The van der Waals surface area contributed by atoms with Crippen molar-refractivity contribution < 1.29 is 27.5 Å². The van der Waals surface area contributed by atoms with Gasteiger partial charge in [-0.2, -0.15) is 18.3 Å².